The van der Waals surface area contributed by atoms with Crippen molar-refractivity contribution in [2.24, 2.45) is 5.92 Å². The predicted molar refractivity (Wildman–Crippen MR) is 70.8 cm³/mol. The zero-order valence-electron chi connectivity index (χ0n) is 10.9. The van der Waals surface area contributed by atoms with Crippen molar-refractivity contribution in [3.63, 3.8) is 0 Å². The average molecular weight is 321 g/mol. The van der Waals surface area contributed by atoms with Crippen LogP contribution in [0.5, 0.6) is 0 Å². The summed E-state index contributed by atoms with van der Waals surface area (Å²) in [5.41, 5.74) is -4.63. The molecule has 0 aromatic carbocycles. The summed E-state index contributed by atoms with van der Waals surface area (Å²) in [6, 6.07) is 2.70. The van der Waals surface area contributed by atoms with Crippen LogP contribution < -0.4 is 10.6 Å². The number of amides is 1. The lowest BCUT2D eigenvalue weighted by atomic mass is 10.1. The average Bonchev–Trinajstić information content (AvgIpc) is 2.80. The largest absolute Gasteiger partial charge is 0.447 e. The highest BCUT2D eigenvalue weighted by Gasteiger charge is 2.32. The van der Waals surface area contributed by atoms with E-state index < -0.39 is 29.3 Å². The molecule has 9 heteroatoms. The number of nitrogens with zero attached hydrogens (tertiary/aromatic N) is 1. The van der Waals surface area contributed by atoms with Gasteiger partial charge in [0, 0.05) is 43.5 Å². The normalized spacial score (nSPS) is 22.3. The van der Waals surface area contributed by atoms with Gasteiger partial charge in [-0.1, -0.05) is 0 Å². The molecule has 116 valence electrons. The summed E-state index contributed by atoms with van der Waals surface area (Å²) in [6.07, 6.45) is 0.637. The molecular weight excluding hydrogens is 307 g/mol. The van der Waals surface area contributed by atoms with Crippen LogP contribution in [0.2, 0.25) is 0 Å². The second kappa shape index (κ2) is 6.63. The molecule has 1 aliphatic heterocycles. The topological polar surface area (TPSA) is 74.2 Å². The molecule has 5 nitrogen and oxygen atoms in total. The highest BCUT2D eigenvalue weighted by atomic mass is 32.2. The minimum absolute atomic E-state index is 0.125. The molecule has 1 amide bonds. The number of hydrogen-bond donors (Lipinski definition) is 3. The number of nitrogens with one attached hydrogen (secondary N) is 2. The highest BCUT2D eigenvalue weighted by Crippen LogP contribution is 2.37. The van der Waals surface area contributed by atoms with Crippen molar-refractivity contribution in [3.8, 4) is 0 Å². The first kappa shape index (κ1) is 16.1. The molecule has 21 heavy (non-hydrogen) atoms. The van der Waals surface area contributed by atoms with Crippen LogP contribution in [0, 0.1) is 5.92 Å². The summed E-state index contributed by atoms with van der Waals surface area (Å²) in [5.74, 6) is -0.779. The van der Waals surface area contributed by atoms with Gasteiger partial charge in [-0.15, -0.1) is 0 Å². The van der Waals surface area contributed by atoms with E-state index in [1.165, 1.54) is 18.3 Å². The second-order valence-electron chi connectivity index (χ2n) is 4.60. The number of aliphatic hydroxyl groups excluding tert-OH is 1. The fraction of sp³-hybridized carbons (Fsp3) is 0.500. The quantitative estimate of drug-likeness (QED) is 0.722. The Kier molecular flexibility index (Phi) is 5.07. The molecule has 2 heterocycles. The minimum atomic E-state index is -4.51. The molecule has 0 bridgehead atoms. The van der Waals surface area contributed by atoms with Gasteiger partial charge in [0.05, 0.1) is 11.7 Å². The number of carbonyl (C=O) groups is 1. The molecule has 2 atom stereocenters. The number of halogens is 3. The predicted octanol–water partition coefficient (Wildman–Crippen LogP) is 1.00. The van der Waals surface area contributed by atoms with Crippen LogP contribution in [0.15, 0.2) is 23.4 Å². The van der Waals surface area contributed by atoms with Crippen molar-refractivity contribution >= 4 is 17.7 Å². The van der Waals surface area contributed by atoms with E-state index in [9.17, 15) is 23.1 Å². The van der Waals surface area contributed by atoms with Crippen LogP contribution in [0.3, 0.4) is 0 Å². The Morgan fingerprint density at radius 1 is 1.52 bits per heavy atom. The Labute approximate surface area is 123 Å². The maximum absolute atomic E-state index is 12.4. The lowest BCUT2D eigenvalue weighted by Gasteiger charge is -2.15. The number of aromatic nitrogens is 1. The van der Waals surface area contributed by atoms with Crippen molar-refractivity contribution < 1.29 is 23.1 Å². The van der Waals surface area contributed by atoms with Crippen molar-refractivity contribution in [2.45, 2.75) is 16.6 Å². The Balaban J connectivity index is 2.01. The third kappa shape index (κ3) is 4.58. The first-order chi connectivity index (χ1) is 9.87. The molecule has 1 aliphatic rings. The van der Waals surface area contributed by atoms with Crippen LogP contribution >= 0.6 is 11.8 Å². The van der Waals surface area contributed by atoms with E-state index in [1.807, 2.05) is 0 Å². The Hall–Kier alpha value is -1.32. The highest BCUT2D eigenvalue weighted by molar-refractivity contribution is 8.00. The molecule has 0 spiro atoms. The molecule has 2 rings (SSSR count). The van der Waals surface area contributed by atoms with Gasteiger partial charge in [-0.3, -0.25) is 4.79 Å². The number of carbonyl (C=O) groups excluding carboxylic acids is 1. The van der Waals surface area contributed by atoms with E-state index in [4.69, 9.17) is 0 Å². The molecule has 1 aromatic heterocycles. The van der Waals surface area contributed by atoms with Crippen LogP contribution in [-0.2, 0) is 0 Å². The van der Waals surface area contributed by atoms with Crippen LogP contribution in [-0.4, -0.2) is 47.2 Å². The number of β-amino-alcohol motifs (C(OH)–C–C–N with tert-alkyl or cyclic N) is 1. The first-order valence-electron chi connectivity index (χ1n) is 6.24. The van der Waals surface area contributed by atoms with Crippen molar-refractivity contribution in [1.29, 1.82) is 0 Å². The number of pyridine rings is 1. The smallest absolute Gasteiger partial charge is 0.391 e. The molecule has 2 unspecified atom stereocenters. The van der Waals surface area contributed by atoms with Gasteiger partial charge in [-0.05, 0) is 12.1 Å². The van der Waals surface area contributed by atoms with Crippen LogP contribution in [0.4, 0.5) is 13.2 Å². The van der Waals surface area contributed by atoms with Gasteiger partial charge in [-0.25, -0.2) is 4.98 Å². The standard InChI is InChI=1S/C12H14F3N3O2S/c13-12(14,15)21-11-8(2-1-3-17-11)10(20)18-5-7-4-16-6-9(7)19/h1-3,7,9,16,19H,4-6H2,(H,18,20). The molecule has 0 saturated carbocycles. The molecule has 1 fully saturated rings. The number of aliphatic hydroxyl groups is 1. The Morgan fingerprint density at radius 3 is 2.90 bits per heavy atom. The molecule has 3 N–H and O–H groups in total. The van der Waals surface area contributed by atoms with Gasteiger partial charge in [-0.2, -0.15) is 13.2 Å². The maximum atomic E-state index is 12.4. The van der Waals surface area contributed by atoms with E-state index in [2.05, 4.69) is 15.6 Å². The van der Waals surface area contributed by atoms with Crippen molar-refractivity contribution in [2.75, 3.05) is 19.6 Å². The zero-order valence-corrected chi connectivity index (χ0v) is 11.7. The van der Waals surface area contributed by atoms with Crippen LogP contribution in [0.1, 0.15) is 10.4 Å². The second-order valence-corrected chi connectivity index (χ2v) is 5.65. The molecule has 0 radical (unpaired) electrons. The first-order valence-corrected chi connectivity index (χ1v) is 7.06. The van der Waals surface area contributed by atoms with Gasteiger partial charge in [0.2, 0.25) is 0 Å². The van der Waals surface area contributed by atoms with E-state index >= 15 is 0 Å². The number of alkyl halides is 3. The van der Waals surface area contributed by atoms with Gasteiger partial charge in [0.25, 0.3) is 5.91 Å². The third-order valence-electron chi connectivity index (χ3n) is 3.06. The monoisotopic (exact) mass is 321 g/mol. The number of hydrogen-bond acceptors (Lipinski definition) is 5. The van der Waals surface area contributed by atoms with E-state index in [0.717, 1.165) is 0 Å². The van der Waals surface area contributed by atoms with Gasteiger partial charge in [0.15, 0.2) is 0 Å². The van der Waals surface area contributed by atoms with Gasteiger partial charge < -0.3 is 15.7 Å². The summed E-state index contributed by atoms with van der Waals surface area (Å²) in [5, 5.41) is 14.7. The summed E-state index contributed by atoms with van der Waals surface area (Å²) in [6.45, 7) is 1.19. The summed E-state index contributed by atoms with van der Waals surface area (Å²) < 4.78 is 37.3. The lowest BCUT2D eigenvalue weighted by Crippen LogP contribution is -2.34. The SMILES string of the molecule is O=C(NCC1CNCC1O)c1cccnc1SC(F)(F)F. The molecular formula is C12H14F3N3O2S. The molecule has 0 aliphatic carbocycles. The summed E-state index contributed by atoms with van der Waals surface area (Å²) in [4.78, 5) is 15.6. The molecule has 1 aromatic rings. The van der Waals surface area contributed by atoms with Gasteiger partial charge >= 0.3 is 5.51 Å². The number of thioether (sulfide) groups is 1. The maximum Gasteiger partial charge on any atom is 0.447 e. The Bertz CT molecular complexity index is 513. The number of rotatable bonds is 4. The van der Waals surface area contributed by atoms with Crippen molar-refractivity contribution in [3.05, 3.63) is 23.9 Å². The fourth-order valence-corrected chi connectivity index (χ4v) is 2.60. The van der Waals surface area contributed by atoms with Gasteiger partial charge in [0.1, 0.15) is 5.03 Å². The Morgan fingerprint density at radius 2 is 2.29 bits per heavy atom. The summed E-state index contributed by atoms with van der Waals surface area (Å²) in [7, 11) is 0. The summed E-state index contributed by atoms with van der Waals surface area (Å²) >= 11 is -0.419. The van der Waals surface area contributed by atoms with E-state index in [0.29, 0.717) is 13.1 Å². The third-order valence-corrected chi connectivity index (χ3v) is 3.81. The zero-order chi connectivity index (χ0) is 15.5. The lowest BCUT2D eigenvalue weighted by molar-refractivity contribution is -0.0329. The van der Waals surface area contributed by atoms with E-state index in [-0.39, 0.29) is 23.1 Å². The van der Waals surface area contributed by atoms with Crippen LogP contribution in [0.25, 0.3) is 0 Å². The minimum Gasteiger partial charge on any atom is -0.391 e. The fourth-order valence-electron chi connectivity index (χ4n) is 2.00. The van der Waals surface area contributed by atoms with E-state index in [1.54, 1.807) is 0 Å². The van der Waals surface area contributed by atoms with Crippen molar-refractivity contribution in [1.82, 2.24) is 15.6 Å². The molecule has 1 saturated heterocycles.